The number of hydrogen-bond acceptors (Lipinski definition) is 5. The summed E-state index contributed by atoms with van der Waals surface area (Å²) in [6.07, 6.45) is 6.56. The first-order valence-corrected chi connectivity index (χ1v) is 9.22. The highest BCUT2D eigenvalue weighted by Crippen LogP contribution is 2.27. The highest BCUT2D eigenvalue weighted by Gasteiger charge is 2.08. The molecule has 0 aromatic heterocycles. The Morgan fingerprint density at radius 1 is 1.10 bits per heavy atom. The molecule has 0 atom stereocenters. The van der Waals surface area contributed by atoms with Crippen LogP contribution in [0.4, 0.5) is 10.1 Å². The number of benzene rings is 2. The molecule has 2 amide bonds. The third kappa shape index (κ3) is 7.64. The van der Waals surface area contributed by atoms with Crippen LogP contribution in [-0.2, 0) is 9.59 Å². The Labute approximate surface area is 174 Å². The number of amides is 2. The van der Waals surface area contributed by atoms with Crippen molar-refractivity contribution in [3.8, 4) is 23.8 Å². The first kappa shape index (κ1) is 22.4. The van der Waals surface area contributed by atoms with E-state index in [-0.39, 0.29) is 25.4 Å². The molecule has 8 heteroatoms. The Bertz CT molecular complexity index is 936. The molecule has 0 aliphatic carbocycles. The van der Waals surface area contributed by atoms with E-state index in [1.54, 1.807) is 18.2 Å². The number of hydrogen-bond donors (Lipinski definition) is 2. The predicted molar refractivity (Wildman–Crippen MR) is 112 cm³/mol. The van der Waals surface area contributed by atoms with Crippen LogP contribution in [0.2, 0.25) is 0 Å². The molecule has 2 aromatic carbocycles. The van der Waals surface area contributed by atoms with Gasteiger partial charge in [0.05, 0.1) is 12.8 Å². The predicted octanol–water partition coefficient (Wildman–Crippen LogP) is 3.11. The van der Waals surface area contributed by atoms with Gasteiger partial charge in [-0.15, -0.1) is 6.42 Å². The van der Waals surface area contributed by atoms with Crippen LogP contribution in [0.3, 0.4) is 0 Å². The van der Waals surface area contributed by atoms with Crippen molar-refractivity contribution in [2.24, 2.45) is 5.10 Å². The number of nitrogens with zero attached hydrogens (tertiary/aromatic N) is 1. The molecule has 156 valence electrons. The lowest BCUT2D eigenvalue weighted by atomic mass is 10.2. The summed E-state index contributed by atoms with van der Waals surface area (Å²) in [5, 5.41) is 6.46. The third-order valence-electron chi connectivity index (χ3n) is 3.69. The third-order valence-corrected chi connectivity index (χ3v) is 3.69. The summed E-state index contributed by atoms with van der Waals surface area (Å²) in [6, 6.07) is 10.5. The second-order valence-corrected chi connectivity index (χ2v) is 5.98. The van der Waals surface area contributed by atoms with E-state index in [0.29, 0.717) is 29.4 Å². The van der Waals surface area contributed by atoms with Gasteiger partial charge in [0.1, 0.15) is 12.4 Å². The van der Waals surface area contributed by atoms with Gasteiger partial charge in [-0.2, -0.15) is 5.10 Å². The van der Waals surface area contributed by atoms with Gasteiger partial charge in [-0.05, 0) is 55.0 Å². The maximum absolute atomic E-state index is 12.8. The van der Waals surface area contributed by atoms with Gasteiger partial charge < -0.3 is 14.8 Å². The number of ether oxygens (including phenoxy) is 2. The lowest BCUT2D eigenvalue weighted by Crippen LogP contribution is -2.20. The molecule has 0 unspecified atom stereocenters. The van der Waals surface area contributed by atoms with Gasteiger partial charge in [0, 0.05) is 18.5 Å². The number of nitrogens with one attached hydrogen (secondary N) is 2. The smallest absolute Gasteiger partial charge is 0.240 e. The summed E-state index contributed by atoms with van der Waals surface area (Å²) in [4.78, 5) is 23.7. The molecule has 2 aromatic rings. The van der Waals surface area contributed by atoms with Crippen molar-refractivity contribution in [1.82, 2.24) is 5.43 Å². The Kier molecular flexibility index (Phi) is 8.87. The van der Waals surface area contributed by atoms with Crippen LogP contribution >= 0.6 is 0 Å². The minimum Gasteiger partial charge on any atom is -0.490 e. The van der Waals surface area contributed by atoms with Crippen LogP contribution in [0.1, 0.15) is 25.3 Å². The van der Waals surface area contributed by atoms with E-state index in [9.17, 15) is 14.0 Å². The van der Waals surface area contributed by atoms with Gasteiger partial charge in [-0.3, -0.25) is 9.59 Å². The van der Waals surface area contributed by atoms with Crippen LogP contribution in [0, 0.1) is 18.2 Å². The fraction of sp³-hybridized carbons (Fsp3) is 0.227. The SMILES string of the molecule is C#CCOc1ccc(C=NNC(=O)CCC(=O)Nc2ccc(F)cc2)cc1OCC. The summed E-state index contributed by atoms with van der Waals surface area (Å²) in [6.45, 7) is 2.42. The summed E-state index contributed by atoms with van der Waals surface area (Å²) in [7, 11) is 0. The van der Waals surface area contributed by atoms with E-state index >= 15 is 0 Å². The zero-order valence-corrected chi connectivity index (χ0v) is 16.5. The van der Waals surface area contributed by atoms with Gasteiger partial charge in [-0.25, -0.2) is 9.82 Å². The number of terminal acetylenes is 1. The van der Waals surface area contributed by atoms with E-state index in [4.69, 9.17) is 15.9 Å². The highest BCUT2D eigenvalue weighted by molar-refractivity contribution is 5.93. The minimum atomic E-state index is -0.417. The van der Waals surface area contributed by atoms with E-state index in [1.807, 2.05) is 6.92 Å². The molecule has 2 N–H and O–H groups in total. The fourth-order valence-electron chi connectivity index (χ4n) is 2.33. The molecule has 0 bridgehead atoms. The van der Waals surface area contributed by atoms with E-state index in [2.05, 4.69) is 21.8 Å². The molecule has 0 saturated heterocycles. The molecule has 0 aliphatic rings. The summed E-state index contributed by atoms with van der Waals surface area (Å²) < 4.78 is 23.8. The van der Waals surface area contributed by atoms with E-state index in [1.165, 1.54) is 30.5 Å². The van der Waals surface area contributed by atoms with Crippen molar-refractivity contribution in [1.29, 1.82) is 0 Å². The topological polar surface area (TPSA) is 89.0 Å². The zero-order chi connectivity index (χ0) is 21.8. The molecular formula is C22H22FN3O4. The van der Waals surface area contributed by atoms with Gasteiger partial charge in [0.15, 0.2) is 11.5 Å². The quantitative estimate of drug-likeness (QED) is 0.357. The van der Waals surface area contributed by atoms with Gasteiger partial charge in [-0.1, -0.05) is 5.92 Å². The van der Waals surface area contributed by atoms with Crippen molar-refractivity contribution in [2.75, 3.05) is 18.5 Å². The van der Waals surface area contributed by atoms with Crippen LogP contribution < -0.4 is 20.2 Å². The number of carbonyl (C=O) groups excluding carboxylic acids is 2. The Morgan fingerprint density at radius 2 is 1.83 bits per heavy atom. The fourth-order valence-corrected chi connectivity index (χ4v) is 2.33. The molecule has 0 fully saturated rings. The van der Waals surface area contributed by atoms with E-state index < -0.39 is 11.7 Å². The first-order chi connectivity index (χ1) is 14.5. The monoisotopic (exact) mass is 411 g/mol. The Balaban J connectivity index is 1.82. The second-order valence-electron chi connectivity index (χ2n) is 5.98. The second kappa shape index (κ2) is 11.9. The van der Waals surface area contributed by atoms with Crippen molar-refractivity contribution < 1.29 is 23.5 Å². The van der Waals surface area contributed by atoms with Crippen molar-refractivity contribution in [2.45, 2.75) is 19.8 Å². The van der Waals surface area contributed by atoms with Crippen LogP contribution in [0.5, 0.6) is 11.5 Å². The number of carbonyl (C=O) groups is 2. The largest absolute Gasteiger partial charge is 0.490 e. The standard InChI is InChI=1S/C22H22FN3O4/c1-3-13-30-19-10-5-16(14-20(19)29-4-2)15-24-26-22(28)12-11-21(27)25-18-8-6-17(23)7-9-18/h1,5-10,14-15H,4,11-13H2,2H3,(H,25,27)(H,26,28). The van der Waals surface area contributed by atoms with Crippen LogP contribution in [0.15, 0.2) is 47.6 Å². The molecule has 0 spiro atoms. The first-order valence-electron chi connectivity index (χ1n) is 9.22. The molecule has 0 saturated carbocycles. The Hall–Kier alpha value is -3.86. The number of rotatable bonds is 10. The van der Waals surface area contributed by atoms with Crippen molar-refractivity contribution in [3.63, 3.8) is 0 Å². The normalized spacial score (nSPS) is 10.3. The minimum absolute atomic E-state index is 0.0333. The molecule has 2 rings (SSSR count). The number of hydrazone groups is 1. The Morgan fingerprint density at radius 3 is 2.53 bits per heavy atom. The molecule has 0 heterocycles. The lowest BCUT2D eigenvalue weighted by molar-refractivity contribution is -0.124. The summed E-state index contributed by atoms with van der Waals surface area (Å²) in [5.74, 6) is 2.25. The zero-order valence-electron chi connectivity index (χ0n) is 16.5. The molecule has 7 nitrogen and oxygen atoms in total. The number of anilines is 1. The van der Waals surface area contributed by atoms with Gasteiger partial charge in [0.2, 0.25) is 11.8 Å². The van der Waals surface area contributed by atoms with Crippen LogP contribution in [-0.4, -0.2) is 31.2 Å². The average Bonchev–Trinajstić information content (AvgIpc) is 2.73. The van der Waals surface area contributed by atoms with Crippen molar-refractivity contribution in [3.05, 3.63) is 53.8 Å². The molecule has 0 radical (unpaired) electrons. The molecule has 0 aliphatic heterocycles. The molecule has 30 heavy (non-hydrogen) atoms. The summed E-state index contributed by atoms with van der Waals surface area (Å²) >= 11 is 0. The van der Waals surface area contributed by atoms with Gasteiger partial charge >= 0.3 is 0 Å². The number of halogens is 1. The lowest BCUT2D eigenvalue weighted by Gasteiger charge is -2.10. The maximum Gasteiger partial charge on any atom is 0.240 e. The summed E-state index contributed by atoms with van der Waals surface area (Å²) in [5.41, 5.74) is 3.50. The van der Waals surface area contributed by atoms with Crippen molar-refractivity contribution >= 4 is 23.7 Å². The maximum atomic E-state index is 12.8. The highest BCUT2D eigenvalue weighted by atomic mass is 19.1. The van der Waals surface area contributed by atoms with Crippen LogP contribution in [0.25, 0.3) is 0 Å². The molecular weight excluding hydrogens is 389 g/mol. The average molecular weight is 411 g/mol. The van der Waals surface area contributed by atoms with E-state index in [0.717, 1.165) is 0 Å². The van der Waals surface area contributed by atoms with Gasteiger partial charge in [0.25, 0.3) is 0 Å².